The predicted octanol–water partition coefficient (Wildman–Crippen LogP) is 3.06. The van der Waals surface area contributed by atoms with E-state index in [2.05, 4.69) is 22.8 Å². The van der Waals surface area contributed by atoms with Gasteiger partial charge in [0.1, 0.15) is 0 Å². The molecule has 0 spiro atoms. The van der Waals surface area contributed by atoms with Crippen molar-refractivity contribution in [3.63, 3.8) is 0 Å². The minimum absolute atomic E-state index is 0.173. The van der Waals surface area contributed by atoms with Crippen LogP contribution in [0, 0.1) is 0 Å². The molecule has 2 N–H and O–H groups in total. The van der Waals surface area contributed by atoms with Crippen molar-refractivity contribution in [2.45, 2.75) is 25.3 Å². The lowest BCUT2D eigenvalue weighted by molar-refractivity contribution is -0.134. The number of ether oxygens (including phenoxy) is 1. The average Bonchev–Trinajstić information content (AvgIpc) is 3.24. The molecule has 1 saturated heterocycles. The van der Waals surface area contributed by atoms with E-state index < -0.39 is 6.09 Å². The van der Waals surface area contributed by atoms with Crippen LogP contribution in [0.4, 0.5) is 10.5 Å². The molecule has 0 aromatic heterocycles. The van der Waals surface area contributed by atoms with Crippen LogP contribution in [0.25, 0.3) is 0 Å². The highest BCUT2D eigenvalue weighted by molar-refractivity contribution is 5.87. The Morgan fingerprint density at radius 1 is 1.07 bits per heavy atom. The Labute approximate surface area is 165 Å². The largest absolute Gasteiger partial charge is 0.439 e. The van der Waals surface area contributed by atoms with Crippen LogP contribution in [0.2, 0.25) is 0 Å². The first kappa shape index (κ1) is 19.9. The number of anilines is 1. The molecule has 1 atom stereocenters. The maximum atomic E-state index is 12.7. The third kappa shape index (κ3) is 6.39. The van der Waals surface area contributed by atoms with Gasteiger partial charge in [-0.25, -0.2) is 4.79 Å². The molecule has 2 amide bonds. The molecule has 0 aliphatic carbocycles. The van der Waals surface area contributed by atoms with Crippen molar-refractivity contribution in [1.82, 2.24) is 10.2 Å². The van der Waals surface area contributed by atoms with Gasteiger partial charge in [0, 0.05) is 24.8 Å². The number of rotatable bonds is 8. The van der Waals surface area contributed by atoms with Gasteiger partial charge in [-0.3, -0.25) is 10.1 Å². The molecule has 28 heavy (non-hydrogen) atoms. The number of carbonyl (C=O) groups is 2. The lowest BCUT2D eigenvalue weighted by atomic mass is 10.1. The summed E-state index contributed by atoms with van der Waals surface area (Å²) in [4.78, 5) is 26.4. The van der Waals surface area contributed by atoms with E-state index in [1.54, 1.807) is 17.0 Å². The van der Waals surface area contributed by atoms with E-state index in [1.165, 1.54) is 5.56 Å². The van der Waals surface area contributed by atoms with E-state index in [4.69, 9.17) is 4.74 Å². The van der Waals surface area contributed by atoms with Gasteiger partial charge >= 0.3 is 6.09 Å². The second-order valence-corrected chi connectivity index (χ2v) is 6.94. The zero-order chi connectivity index (χ0) is 19.6. The van der Waals surface area contributed by atoms with Gasteiger partial charge in [0.25, 0.3) is 5.91 Å². The molecule has 1 aliphatic heterocycles. The zero-order valence-electron chi connectivity index (χ0n) is 16.0. The maximum absolute atomic E-state index is 12.7. The second-order valence-electron chi connectivity index (χ2n) is 6.94. The normalized spacial score (nSPS) is 15.8. The highest BCUT2D eigenvalue weighted by Crippen LogP contribution is 2.10. The monoisotopic (exact) mass is 381 g/mol. The fourth-order valence-corrected chi connectivity index (χ4v) is 3.30. The first-order chi connectivity index (χ1) is 13.7. The standard InChI is InChI=1S/C22H27N3O3/c26-21(17-28-22(27)24-19-10-5-2-6-11-19)25(16-20-12-7-14-23-20)15-13-18-8-3-1-4-9-18/h1-6,8-11,20,23H,7,12-17H2,(H,24,27)/t20-/m0/s1. The molecule has 6 nitrogen and oxygen atoms in total. The van der Waals surface area contributed by atoms with Crippen molar-refractivity contribution < 1.29 is 14.3 Å². The minimum Gasteiger partial charge on any atom is -0.439 e. The molecule has 1 fully saturated rings. The van der Waals surface area contributed by atoms with Crippen LogP contribution in [0.1, 0.15) is 18.4 Å². The van der Waals surface area contributed by atoms with Crippen molar-refractivity contribution in [3.05, 3.63) is 66.2 Å². The van der Waals surface area contributed by atoms with Crippen LogP contribution in [0.3, 0.4) is 0 Å². The molecule has 0 unspecified atom stereocenters. The smallest absolute Gasteiger partial charge is 0.412 e. The first-order valence-electron chi connectivity index (χ1n) is 9.74. The molecule has 3 rings (SSSR count). The molecule has 148 valence electrons. The first-order valence-corrected chi connectivity index (χ1v) is 9.74. The molecular weight excluding hydrogens is 354 g/mol. The lowest BCUT2D eigenvalue weighted by Gasteiger charge is -2.26. The molecular formula is C22H27N3O3. The summed E-state index contributed by atoms with van der Waals surface area (Å²) in [6.07, 6.45) is 2.34. The molecule has 0 saturated carbocycles. The number of carbonyl (C=O) groups excluding carboxylic acids is 2. The topological polar surface area (TPSA) is 70.7 Å². The molecule has 0 bridgehead atoms. The van der Waals surface area contributed by atoms with E-state index in [-0.39, 0.29) is 12.5 Å². The van der Waals surface area contributed by atoms with Crippen LogP contribution in [-0.2, 0) is 16.0 Å². The van der Waals surface area contributed by atoms with E-state index >= 15 is 0 Å². The zero-order valence-corrected chi connectivity index (χ0v) is 16.0. The predicted molar refractivity (Wildman–Crippen MR) is 109 cm³/mol. The van der Waals surface area contributed by atoms with Crippen molar-refractivity contribution in [1.29, 1.82) is 0 Å². The Balaban J connectivity index is 1.51. The average molecular weight is 381 g/mol. The van der Waals surface area contributed by atoms with E-state index in [1.807, 2.05) is 36.4 Å². The summed E-state index contributed by atoms with van der Waals surface area (Å²) in [5, 5.41) is 6.05. The molecule has 0 radical (unpaired) electrons. The summed E-state index contributed by atoms with van der Waals surface area (Å²) < 4.78 is 5.14. The molecule has 2 aromatic rings. The highest BCUT2D eigenvalue weighted by Gasteiger charge is 2.22. The number of hydrogen-bond donors (Lipinski definition) is 2. The number of benzene rings is 2. The fourth-order valence-electron chi connectivity index (χ4n) is 3.30. The van der Waals surface area contributed by atoms with Gasteiger partial charge in [-0.2, -0.15) is 0 Å². The second kappa shape index (κ2) is 10.5. The van der Waals surface area contributed by atoms with Crippen LogP contribution >= 0.6 is 0 Å². The summed E-state index contributed by atoms with van der Waals surface area (Å²) in [5.74, 6) is -0.173. The summed E-state index contributed by atoms with van der Waals surface area (Å²) >= 11 is 0. The van der Waals surface area contributed by atoms with E-state index in [0.717, 1.165) is 25.8 Å². The van der Waals surface area contributed by atoms with Gasteiger partial charge in [-0.1, -0.05) is 48.5 Å². The van der Waals surface area contributed by atoms with Crippen LogP contribution in [0.5, 0.6) is 0 Å². The molecule has 1 aliphatic rings. The lowest BCUT2D eigenvalue weighted by Crippen LogP contribution is -2.44. The number of amides is 2. The summed E-state index contributed by atoms with van der Waals surface area (Å²) in [6.45, 7) is 1.96. The van der Waals surface area contributed by atoms with Gasteiger partial charge in [0.05, 0.1) is 0 Å². The van der Waals surface area contributed by atoms with Crippen molar-refractivity contribution in [2.24, 2.45) is 0 Å². The van der Waals surface area contributed by atoms with Crippen molar-refractivity contribution in [2.75, 3.05) is 31.6 Å². The summed E-state index contributed by atoms with van der Waals surface area (Å²) in [6, 6.07) is 19.4. The number of nitrogens with one attached hydrogen (secondary N) is 2. The third-order valence-corrected chi connectivity index (χ3v) is 4.82. The Hall–Kier alpha value is -2.86. The molecule has 6 heteroatoms. The summed E-state index contributed by atoms with van der Waals surface area (Å²) in [7, 11) is 0. The van der Waals surface area contributed by atoms with Gasteiger partial charge in [0.15, 0.2) is 6.61 Å². The number of hydrogen-bond acceptors (Lipinski definition) is 4. The van der Waals surface area contributed by atoms with Gasteiger partial charge in [-0.05, 0) is 43.5 Å². The van der Waals surface area contributed by atoms with E-state index in [0.29, 0.717) is 24.8 Å². The number of para-hydroxylation sites is 1. The SMILES string of the molecule is O=C(Nc1ccccc1)OCC(=O)N(CCc1ccccc1)C[C@@H]1CCCN1. The molecule has 2 aromatic carbocycles. The van der Waals surface area contributed by atoms with Crippen LogP contribution < -0.4 is 10.6 Å². The van der Waals surface area contributed by atoms with Gasteiger partial charge in [0.2, 0.25) is 0 Å². The third-order valence-electron chi connectivity index (χ3n) is 4.82. The Morgan fingerprint density at radius 2 is 1.79 bits per heavy atom. The Bertz CT molecular complexity index is 746. The van der Waals surface area contributed by atoms with Crippen molar-refractivity contribution >= 4 is 17.7 Å². The Morgan fingerprint density at radius 3 is 2.46 bits per heavy atom. The highest BCUT2D eigenvalue weighted by atomic mass is 16.6. The fraction of sp³-hybridized carbons (Fsp3) is 0.364. The van der Waals surface area contributed by atoms with Gasteiger partial charge in [-0.15, -0.1) is 0 Å². The van der Waals surface area contributed by atoms with Crippen LogP contribution in [0.15, 0.2) is 60.7 Å². The van der Waals surface area contributed by atoms with E-state index in [9.17, 15) is 9.59 Å². The molecule has 1 heterocycles. The Kier molecular flexibility index (Phi) is 7.44. The quantitative estimate of drug-likeness (QED) is 0.737. The maximum Gasteiger partial charge on any atom is 0.412 e. The van der Waals surface area contributed by atoms with Crippen molar-refractivity contribution in [3.8, 4) is 0 Å². The summed E-state index contributed by atoms with van der Waals surface area (Å²) in [5.41, 5.74) is 1.82. The number of nitrogens with zero attached hydrogens (tertiary/aromatic N) is 1. The van der Waals surface area contributed by atoms with Gasteiger partial charge < -0.3 is 15.0 Å². The minimum atomic E-state index is -0.624. The van der Waals surface area contributed by atoms with Crippen LogP contribution in [-0.4, -0.2) is 49.2 Å².